The molecule has 1 fully saturated rings. The number of carbonyl (C=O) groups excluding carboxylic acids is 1. The van der Waals surface area contributed by atoms with Gasteiger partial charge in [0.1, 0.15) is 0 Å². The minimum atomic E-state index is 0.398. The van der Waals surface area contributed by atoms with E-state index < -0.39 is 0 Å². The quantitative estimate of drug-likeness (QED) is 0.451. The van der Waals surface area contributed by atoms with Crippen molar-refractivity contribution in [3.8, 4) is 0 Å². The molecule has 0 aromatic heterocycles. The number of hydrogen-bond donors (Lipinski definition) is 0. The van der Waals surface area contributed by atoms with E-state index in [4.69, 9.17) is 0 Å². The molecule has 1 saturated heterocycles. The predicted octanol–water partition coefficient (Wildman–Crippen LogP) is 1.53. The van der Waals surface area contributed by atoms with Gasteiger partial charge in [0.25, 0.3) is 0 Å². The second-order valence-electron chi connectivity index (χ2n) is 1.06. The smallest absolute Gasteiger partial charge is 0.206 e. The van der Waals surface area contributed by atoms with E-state index in [0.717, 1.165) is 11.9 Å². The Morgan fingerprint density at radius 2 is 2.67 bits per heavy atom. The van der Waals surface area contributed by atoms with Crippen LogP contribution in [0.25, 0.3) is 0 Å². The molecule has 0 aromatic carbocycles. The standard InChI is InChI=1S/C3H5OPS/c4-3-5-1-2-6-3/h5H,1-2H2. The Morgan fingerprint density at radius 3 is 2.83 bits per heavy atom. The molecule has 1 rings (SSSR count). The molecule has 1 aliphatic heterocycles. The largest absolute Gasteiger partial charge is 0.282 e. The van der Waals surface area contributed by atoms with Crippen molar-refractivity contribution in [3.63, 3.8) is 0 Å². The molecule has 1 heterocycles. The van der Waals surface area contributed by atoms with Crippen molar-refractivity contribution in [3.05, 3.63) is 0 Å². The van der Waals surface area contributed by atoms with Crippen LogP contribution in [0.1, 0.15) is 0 Å². The fourth-order valence-electron chi connectivity index (χ4n) is 0.348. The lowest BCUT2D eigenvalue weighted by Gasteiger charge is -1.71. The van der Waals surface area contributed by atoms with Crippen LogP contribution in [0.3, 0.4) is 0 Å². The minimum absolute atomic E-state index is 0.398. The lowest BCUT2D eigenvalue weighted by Crippen LogP contribution is -1.63. The second kappa shape index (κ2) is 1.94. The van der Waals surface area contributed by atoms with Crippen LogP contribution < -0.4 is 0 Å². The van der Waals surface area contributed by atoms with Crippen molar-refractivity contribution in [2.24, 2.45) is 0 Å². The molecule has 1 aliphatic rings. The Hall–Kier alpha value is 0.450. The third kappa shape index (κ3) is 0.954. The van der Waals surface area contributed by atoms with E-state index in [0.29, 0.717) is 13.4 Å². The summed E-state index contributed by atoms with van der Waals surface area (Å²) < 4.78 is 0. The van der Waals surface area contributed by atoms with E-state index in [1.165, 1.54) is 11.8 Å². The van der Waals surface area contributed by atoms with Crippen LogP contribution in [-0.2, 0) is 0 Å². The van der Waals surface area contributed by atoms with Gasteiger partial charge in [-0.25, -0.2) is 0 Å². The van der Waals surface area contributed by atoms with E-state index in [9.17, 15) is 4.79 Å². The monoisotopic (exact) mass is 120 g/mol. The van der Waals surface area contributed by atoms with Crippen molar-refractivity contribution >= 4 is 25.2 Å². The minimum Gasteiger partial charge on any atom is -0.282 e. The molecule has 0 amide bonds. The predicted molar refractivity (Wildman–Crippen MR) is 31.0 cm³/mol. The van der Waals surface area contributed by atoms with Crippen molar-refractivity contribution < 1.29 is 4.79 Å². The summed E-state index contributed by atoms with van der Waals surface area (Å²) in [7, 11) is 0.606. The fraction of sp³-hybridized carbons (Fsp3) is 0.667. The lowest BCUT2D eigenvalue weighted by molar-refractivity contribution is 0.276. The summed E-state index contributed by atoms with van der Waals surface area (Å²) in [5.74, 6) is 1.07. The molecule has 1 atom stereocenters. The summed E-state index contributed by atoms with van der Waals surface area (Å²) in [5, 5.41) is 0. The van der Waals surface area contributed by atoms with Gasteiger partial charge in [-0.3, -0.25) is 4.79 Å². The molecule has 1 unspecified atom stereocenters. The number of carbonyl (C=O) groups is 1. The van der Waals surface area contributed by atoms with Crippen LogP contribution in [0.15, 0.2) is 0 Å². The highest BCUT2D eigenvalue weighted by molar-refractivity contribution is 8.24. The molecule has 0 radical (unpaired) electrons. The van der Waals surface area contributed by atoms with Crippen molar-refractivity contribution in [1.29, 1.82) is 0 Å². The average molecular weight is 120 g/mol. The first-order valence-corrected chi connectivity index (χ1v) is 3.99. The van der Waals surface area contributed by atoms with Gasteiger partial charge in [0.2, 0.25) is 4.86 Å². The van der Waals surface area contributed by atoms with Gasteiger partial charge in [0.05, 0.1) is 0 Å². The van der Waals surface area contributed by atoms with Crippen LogP contribution in [0.2, 0.25) is 0 Å². The topological polar surface area (TPSA) is 17.1 Å². The van der Waals surface area contributed by atoms with Crippen molar-refractivity contribution in [2.45, 2.75) is 0 Å². The summed E-state index contributed by atoms with van der Waals surface area (Å²) in [5.41, 5.74) is 0. The number of rotatable bonds is 0. The summed E-state index contributed by atoms with van der Waals surface area (Å²) in [4.78, 5) is 10.6. The third-order valence-electron chi connectivity index (χ3n) is 0.605. The second-order valence-corrected chi connectivity index (χ2v) is 3.80. The van der Waals surface area contributed by atoms with Crippen LogP contribution in [0.5, 0.6) is 0 Å². The van der Waals surface area contributed by atoms with Crippen molar-refractivity contribution in [1.82, 2.24) is 0 Å². The molecule has 0 aromatic rings. The Labute approximate surface area is 42.7 Å². The molecule has 0 bridgehead atoms. The van der Waals surface area contributed by atoms with Gasteiger partial charge in [0.15, 0.2) is 0 Å². The SMILES string of the molecule is O=C1PCCS1. The molecular weight excluding hydrogens is 115 g/mol. The molecule has 0 N–H and O–H groups in total. The number of thioether (sulfide) groups is 1. The Bertz CT molecular complexity index is 65.2. The molecule has 0 spiro atoms. The van der Waals surface area contributed by atoms with E-state index in [1.807, 2.05) is 0 Å². The Balaban J connectivity index is 2.37. The summed E-state index contributed by atoms with van der Waals surface area (Å²) in [6.45, 7) is 0. The number of hydrogen-bond acceptors (Lipinski definition) is 2. The molecule has 6 heavy (non-hydrogen) atoms. The third-order valence-corrected chi connectivity index (χ3v) is 3.29. The van der Waals surface area contributed by atoms with E-state index in [2.05, 4.69) is 0 Å². The maximum absolute atomic E-state index is 10.2. The maximum atomic E-state index is 10.2. The van der Waals surface area contributed by atoms with Crippen molar-refractivity contribution in [2.75, 3.05) is 11.9 Å². The molecule has 34 valence electrons. The Morgan fingerprint density at radius 1 is 1.83 bits per heavy atom. The van der Waals surface area contributed by atoms with Crippen LogP contribution >= 0.6 is 20.3 Å². The molecular formula is C3H5OPS. The van der Waals surface area contributed by atoms with Gasteiger partial charge in [0, 0.05) is 5.75 Å². The molecule has 0 saturated carbocycles. The summed E-state index contributed by atoms with van der Waals surface area (Å²) in [6.07, 6.45) is 1.13. The summed E-state index contributed by atoms with van der Waals surface area (Å²) in [6, 6.07) is 0. The fourth-order valence-corrected chi connectivity index (χ4v) is 2.57. The zero-order valence-corrected chi connectivity index (χ0v) is 5.05. The zero-order chi connectivity index (χ0) is 4.41. The highest BCUT2D eigenvalue weighted by Gasteiger charge is 2.08. The lowest BCUT2D eigenvalue weighted by atomic mass is 11.0. The first-order chi connectivity index (χ1) is 2.89. The van der Waals surface area contributed by atoms with Crippen LogP contribution in [0.4, 0.5) is 4.79 Å². The van der Waals surface area contributed by atoms with Gasteiger partial charge in [-0.05, 0) is 14.7 Å². The highest BCUT2D eigenvalue weighted by atomic mass is 32.2. The van der Waals surface area contributed by atoms with E-state index >= 15 is 0 Å². The zero-order valence-electron chi connectivity index (χ0n) is 3.23. The summed E-state index contributed by atoms with van der Waals surface area (Å²) >= 11 is 1.47. The van der Waals surface area contributed by atoms with E-state index in [-0.39, 0.29) is 0 Å². The van der Waals surface area contributed by atoms with Gasteiger partial charge >= 0.3 is 0 Å². The normalized spacial score (nSPS) is 26.3. The van der Waals surface area contributed by atoms with Gasteiger partial charge in [-0.2, -0.15) is 0 Å². The highest BCUT2D eigenvalue weighted by Crippen LogP contribution is 2.30. The van der Waals surface area contributed by atoms with Gasteiger partial charge in [-0.1, -0.05) is 11.8 Å². The Kier molecular flexibility index (Phi) is 1.49. The molecule has 3 heteroatoms. The van der Waals surface area contributed by atoms with Crippen LogP contribution in [0, 0.1) is 0 Å². The molecule has 1 nitrogen and oxygen atoms in total. The van der Waals surface area contributed by atoms with Crippen LogP contribution in [-0.4, -0.2) is 16.8 Å². The van der Waals surface area contributed by atoms with Gasteiger partial charge in [-0.15, -0.1) is 0 Å². The first-order valence-electron chi connectivity index (χ1n) is 1.80. The van der Waals surface area contributed by atoms with E-state index in [1.54, 1.807) is 0 Å². The maximum Gasteiger partial charge on any atom is 0.206 e. The molecule has 0 aliphatic carbocycles. The first kappa shape index (κ1) is 4.61. The average Bonchev–Trinajstić information content (AvgIpc) is 1.86. The van der Waals surface area contributed by atoms with Gasteiger partial charge < -0.3 is 0 Å².